The molecule has 2 N–H and O–H groups in total. The van der Waals surface area contributed by atoms with Crippen LogP contribution < -0.4 is 5.32 Å². The molecule has 3 heteroatoms. The van der Waals surface area contributed by atoms with Gasteiger partial charge in [-0.3, -0.25) is 5.10 Å². The van der Waals surface area contributed by atoms with Crippen LogP contribution in [0.3, 0.4) is 0 Å². The highest BCUT2D eigenvalue weighted by molar-refractivity contribution is 5.91. The Labute approximate surface area is 147 Å². The molecule has 0 bridgehead atoms. The van der Waals surface area contributed by atoms with Gasteiger partial charge in [0.25, 0.3) is 0 Å². The number of nitrogens with one attached hydrogen (secondary N) is 2. The maximum Gasteiger partial charge on any atom is 0.0927 e. The van der Waals surface area contributed by atoms with Gasteiger partial charge in [-0.1, -0.05) is 48.5 Å². The van der Waals surface area contributed by atoms with E-state index in [0.29, 0.717) is 0 Å². The van der Waals surface area contributed by atoms with Crippen LogP contribution in [-0.4, -0.2) is 10.2 Å². The summed E-state index contributed by atoms with van der Waals surface area (Å²) in [6.07, 6.45) is 4.12. The quantitative estimate of drug-likeness (QED) is 0.499. The van der Waals surface area contributed by atoms with E-state index < -0.39 is 0 Å². The van der Waals surface area contributed by atoms with Crippen molar-refractivity contribution >= 4 is 34.4 Å². The molecule has 4 aromatic rings. The van der Waals surface area contributed by atoms with Crippen molar-refractivity contribution in [1.29, 1.82) is 0 Å². The van der Waals surface area contributed by atoms with Crippen LogP contribution in [0.2, 0.25) is 0 Å². The second-order valence-electron chi connectivity index (χ2n) is 6.11. The van der Waals surface area contributed by atoms with Crippen molar-refractivity contribution in [1.82, 2.24) is 10.2 Å². The van der Waals surface area contributed by atoms with Crippen LogP contribution in [0.4, 0.5) is 11.4 Å². The Morgan fingerprint density at radius 1 is 0.840 bits per heavy atom. The minimum Gasteiger partial charge on any atom is -0.355 e. The minimum atomic E-state index is 0.945. The molecule has 0 amide bonds. The molecule has 0 unspecified atom stereocenters. The molecule has 0 aliphatic carbocycles. The summed E-state index contributed by atoms with van der Waals surface area (Å²) in [6.45, 7) is 2.09. The van der Waals surface area contributed by atoms with Crippen LogP contribution in [0.15, 0.2) is 72.8 Å². The summed E-state index contributed by atoms with van der Waals surface area (Å²) in [5, 5.41) is 12.1. The van der Waals surface area contributed by atoms with Crippen molar-refractivity contribution in [3.63, 3.8) is 0 Å². The summed E-state index contributed by atoms with van der Waals surface area (Å²) in [5.41, 5.74) is 6.49. The van der Waals surface area contributed by atoms with Crippen LogP contribution in [0.25, 0.3) is 23.1 Å². The number of aromatic nitrogens is 2. The lowest BCUT2D eigenvalue weighted by Crippen LogP contribution is -1.90. The first-order chi connectivity index (χ1) is 12.3. The van der Waals surface area contributed by atoms with Gasteiger partial charge >= 0.3 is 0 Å². The summed E-state index contributed by atoms with van der Waals surface area (Å²) >= 11 is 0. The van der Waals surface area contributed by atoms with E-state index in [1.54, 1.807) is 0 Å². The van der Waals surface area contributed by atoms with Gasteiger partial charge in [-0.05, 0) is 54.5 Å². The first-order valence-electron chi connectivity index (χ1n) is 8.33. The molecule has 4 rings (SSSR count). The average molecular weight is 325 g/mol. The third-order valence-electron chi connectivity index (χ3n) is 4.13. The molecule has 0 atom stereocenters. The fraction of sp³-hybridized carbons (Fsp3) is 0.0455. The van der Waals surface area contributed by atoms with Crippen LogP contribution >= 0.6 is 0 Å². The number of aryl methyl sites for hydroxylation is 1. The van der Waals surface area contributed by atoms with Gasteiger partial charge in [0.15, 0.2) is 0 Å². The van der Waals surface area contributed by atoms with Gasteiger partial charge in [-0.25, -0.2) is 0 Å². The summed E-state index contributed by atoms with van der Waals surface area (Å²) in [5.74, 6) is 0. The van der Waals surface area contributed by atoms with E-state index in [-0.39, 0.29) is 0 Å². The molecule has 25 heavy (non-hydrogen) atoms. The third-order valence-corrected chi connectivity index (χ3v) is 4.13. The van der Waals surface area contributed by atoms with E-state index in [9.17, 15) is 0 Å². The fourth-order valence-electron chi connectivity index (χ4n) is 2.87. The molecule has 0 fully saturated rings. The molecule has 0 saturated carbocycles. The highest BCUT2D eigenvalue weighted by atomic mass is 15.1. The zero-order chi connectivity index (χ0) is 17.1. The zero-order valence-electron chi connectivity index (χ0n) is 14.0. The SMILES string of the molecule is Cc1cccc(Nc2ccc3c(/C=C/c4ccccc4)n[nH]c3c2)c1. The maximum absolute atomic E-state index is 4.43. The van der Waals surface area contributed by atoms with Gasteiger partial charge < -0.3 is 5.32 Å². The van der Waals surface area contributed by atoms with Gasteiger partial charge in [0, 0.05) is 16.8 Å². The largest absolute Gasteiger partial charge is 0.355 e. The number of fused-ring (bicyclic) bond motifs is 1. The van der Waals surface area contributed by atoms with E-state index in [1.807, 2.05) is 24.3 Å². The Hall–Kier alpha value is -3.33. The van der Waals surface area contributed by atoms with Crippen molar-refractivity contribution in [2.24, 2.45) is 0 Å². The van der Waals surface area contributed by atoms with Crippen molar-refractivity contribution in [2.75, 3.05) is 5.32 Å². The molecule has 0 aliphatic rings. The highest BCUT2D eigenvalue weighted by Crippen LogP contribution is 2.24. The third kappa shape index (κ3) is 3.45. The summed E-state index contributed by atoms with van der Waals surface area (Å²) < 4.78 is 0. The summed E-state index contributed by atoms with van der Waals surface area (Å²) in [7, 11) is 0. The van der Waals surface area contributed by atoms with Crippen LogP contribution in [0, 0.1) is 6.92 Å². The van der Waals surface area contributed by atoms with Gasteiger partial charge in [0.2, 0.25) is 0 Å². The topological polar surface area (TPSA) is 40.7 Å². The van der Waals surface area contributed by atoms with E-state index in [1.165, 1.54) is 5.56 Å². The van der Waals surface area contributed by atoms with Gasteiger partial charge in [0.1, 0.15) is 0 Å². The number of hydrogen-bond donors (Lipinski definition) is 2. The predicted octanol–water partition coefficient (Wildman–Crippen LogP) is 5.79. The Balaban J connectivity index is 1.59. The Morgan fingerprint density at radius 3 is 2.52 bits per heavy atom. The molecule has 0 saturated heterocycles. The molecular weight excluding hydrogens is 306 g/mol. The molecule has 3 nitrogen and oxygen atoms in total. The van der Waals surface area contributed by atoms with E-state index in [2.05, 4.69) is 83.1 Å². The first kappa shape index (κ1) is 15.2. The van der Waals surface area contributed by atoms with Gasteiger partial charge in [-0.15, -0.1) is 0 Å². The molecule has 0 spiro atoms. The maximum atomic E-state index is 4.43. The lowest BCUT2D eigenvalue weighted by atomic mass is 10.1. The number of benzene rings is 3. The fourth-order valence-corrected chi connectivity index (χ4v) is 2.87. The molecule has 122 valence electrons. The molecule has 0 radical (unpaired) electrons. The minimum absolute atomic E-state index is 0.945. The molecular formula is C22H19N3. The number of aromatic amines is 1. The number of nitrogens with zero attached hydrogens (tertiary/aromatic N) is 1. The molecule has 0 aliphatic heterocycles. The van der Waals surface area contributed by atoms with Crippen molar-refractivity contribution in [3.8, 4) is 0 Å². The average Bonchev–Trinajstić information content (AvgIpc) is 3.03. The molecule has 1 aromatic heterocycles. The predicted molar refractivity (Wildman–Crippen MR) is 106 cm³/mol. The number of hydrogen-bond acceptors (Lipinski definition) is 2. The van der Waals surface area contributed by atoms with Crippen LogP contribution in [-0.2, 0) is 0 Å². The van der Waals surface area contributed by atoms with Crippen LogP contribution in [0.5, 0.6) is 0 Å². The lowest BCUT2D eigenvalue weighted by Gasteiger charge is -2.07. The Kier molecular flexibility index (Phi) is 4.05. The van der Waals surface area contributed by atoms with E-state index in [0.717, 1.165) is 33.5 Å². The van der Waals surface area contributed by atoms with Gasteiger partial charge in [-0.2, -0.15) is 5.10 Å². The van der Waals surface area contributed by atoms with Crippen LogP contribution in [0.1, 0.15) is 16.8 Å². The summed E-state index contributed by atoms with van der Waals surface area (Å²) in [6, 6.07) is 24.9. The molecule has 1 heterocycles. The van der Waals surface area contributed by atoms with Gasteiger partial charge in [0.05, 0.1) is 11.2 Å². The number of anilines is 2. The highest BCUT2D eigenvalue weighted by Gasteiger charge is 2.04. The summed E-state index contributed by atoms with van der Waals surface area (Å²) in [4.78, 5) is 0. The van der Waals surface area contributed by atoms with E-state index in [4.69, 9.17) is 0 Å². The second kappa shape index (κ2) is 6.65. The first-order valence-corrected chi connectivity index (χ1v) is 8.33. The Morgan fingerprint density at radius 2 is 1.68 bits per heavy atom. The second-order valence-corrected chi connectivity index (χ2v) is 6.11. The monoisotopic (exact) mass is 325 g/mol. The van der Waals surface area contributed by atoms with Crippen molar-refractivity contribution in [2.45, 2.75) is 6.92 Å². The normalized spacial score (nSPS) is 11.2. The van der Waals surface area contributed by atoms with Crippen molar-refractivity contribution < 1.29 is 0 Å². The van der Waals surface area contributed by atoms with Crippen molar-refractivity contribution in [3.05, 3.63) is 89.6 Å². The Bertz CT molecular complexity index is 1030. The number of H-pyrrole nitrogens is 1. The lowest BCUT2D eigenvalue weighted by molar-refractivity contribution is 1.11. The number of rotatable bonds is 4. The zero-order valence-corrected chi connectivity index (χ0v) is 14.0. The smallest absolute Gasteiger partial charge is 0.0927 e. The standard InChI is InChI=1S/C22H19N3/c1-16-6-5-9-18(14-16)23-19-11-12-20-21(24-25-22(20)15-19)13-10-17-7-3-2-4-8-17/h2-15,23H,1H3,(H,24,25)/b13-10+. The van der Waals surface area contributed by atoms with E-state index >= 15 is 0 Å². The molecule has 3 aromatic carbocycles.